The van der Waals surface area contributed by atoms with Gasteiger partial charge in [-0.2, -0.15) is 8.61 Å². The Labute approximate surface area is 174 Å². The Kier molecular flexibility index (Phi) is 5.93. The largest absolute Gasteiger partial charge is 0.243 e. The van der Waals surface area contributed by atoms with Crippen LogP contribution in [0, 0.1) is 27.7 Å². The Morgan fingerprint density at radius 2 is 1.21 bits per heavy atom. The SMILES string of the molecule is Cc1ccc(S(=O)(=O)N2CCN(S(=O)(=O)c3ccc(C)c(C)c3)C(C)C2)cc1C. The Bertz CT molecular complexity index is 1140. The number of piperazine rings is 1. The molecule has 1 heterocycles. The van der Waals surface area contributed by atoms with Gasteiger partial charge in [0.05, 0.1) is 9.79 Å². The van der Waals surface area contributed by atoms with Crippen LogP contribution in [0.3, 0.4) is 0 Å². The zero-order chi connectivity index (χ0) is 21.6. The van der Waals surface area contributed by atoms with Crippen molar-refractivity contribution in [3.05, 3.63) is 58.7 Å². The summed E-state index contributed by atoms with van der Waals surface area (Å²) >= 11 is 0. The highest BCUT2D eigenvalue weighted by Crippen LogP contribution is 2.26. The Balaban J connectivity index is 1.84. The third kappa shape index (κ3) is 4.12. The predicted octanol–water partition coefficient (Wildman–Crippen LogP) is 3.00. The summed E-state index contributed by atoms with van der Waals surface area (Å²) in [6.45, 7) is 9.76. The third-order valence-corrected chi connectivity index (χ3v) is 9.60. The quantitative estimate of drug-likeness (QED) is 0.738. The highest BCUT2D eigenvalue weighted by molar-refractivity contribution is 7.89. The van der Waals surface area contributed by atoms with Crippen LogP contribution in [-0.2, 0) is 20.0 Å². The van der Waals surface area contributed by atoms with E-state index in [4.69, 9.17) is 0 Å². The zero-order valence-corrected chi connectivity index (χ0v) is 19.1. The molecule has 1 atom stereocenters. The summed E-state index contributed by atoms with van der Waals surface area (Å²) in [5.74, 6) is 0. The maximum absolute atomic E-state index is 13.1. The van der Waals surface area contributed by atoms with Gasteiger partial charge in [0.2, 0.25) is 20.0 Å². The normalized spacial score (nSPS) is 19.4. The average Bonchev–Trinajstić information content (AvgIpc) is 2.65. The second-order valence-corrected chi connectivity index (χ2v) is 11.6. The van der Waals surface area contributed by atoms with Crippen molar-refractivity contribution in [3.63, 3.8) is 0 Å². The summed E-state index contributed by atoms with van der Waals surface area (Å²) in [4.78, 5) is 0.496. The highest BCUT2D eigenvalue weighted by atomic mass is 32.2. The molecule has 0 N–H and O–H groups in total. The summed E-state index contributed by atoms with van der Waals surface area (Å²) in [5, 5.41) is 0. The molecule has 0 saturated carbocycles. The summed E-state index contributed by atoms with van der Waals surface area (Å²) in [5.41, 5.74) is 3.88. The molecule has 0 bridgehead atoms. The van der Waals surface area contributed by atoms with Gasteiger partial charge in [-0.3, -0.25) is 0 Å². The molecule has 0 amide bonds. The van der Waals surface area contributed by atoms with Gasteiger partial charge in [-0.25, -0.2) is 16.8 Å². The summed E-state index contributed by atoms with van der Waals surface area (Å²) in [7, 11) is -7.35. The van der Waals surface area contributed by atoms with Crippen LogP contribution in [0.5, 0.6) is 0 Å². The van der Waals surface area contributed by atoms with Gasteiger partial charge < -0.3 is 0 Å². The summed E-state index contributed by atoms with van der Waals surface area (Å²) < 4.78 is 55.2. The van der Waals surface area contributed by atoms with Crippen molar-refractivity contribution >= 4 is 20.0 Å². The van der Waals surface area contributed by atoms with E-state index in [2.05, 4.69) is 0 Å². The zero-order valence-electron chi connectivity index (χ0n) is 17.5. The number of hydrogen-bond acceptors (Lipinski definition) is 4. The summed E-state index contributed by atoms with van der Waals surface area (Å²) in [6, 6.07) is 9.71. The van der Waals surface area contributed by atoms with E-state index in [1.54, 1.807) is 43.3 Å². The number of benzene rings is 2. The average molecular weight is 437 g/mol. The third-order valence-electron chi connectivity index (χ3n) is 5.73. The molecule has 1 aliphatic heterocycles. The molecule has 1 unspecified atom stereocenters. The van der Waals surface area contributed by atoms with Crippen LogP contribution < -0.4 is 0 Å². The van der Waals surface area contributed by atoms with E-state index in [0.717, 1.165) is 22.3 Å². The number of hydrogen-bond donors (Lipinski definition) is 0. The van der Waals surface area contributed by atoms with Gasteiger partial charge in [-0.15, -0.1) is 0 Å². The fraction of sp³-hybridized carbons (Fsp3) is 0.429. The first-order valence-corrected chi connectivity index (χ1v) is 12.5. The van der Waals surface area contributed by atoms with E-state index in [0.29, 0.717) is 0 Å². The maximum atomic E-state index is 13.1. The standard InChI is InChI=1S/C21H28N2O4S2/c1-15-6-8-20(12-17(15)3)28(24,25)22-10-11-23(19(5)14-22)29(26,27)21-9-7-16(2)18(4)13-21/h6-9,12-13,19H,10-11,14H2,1-5H3. The fourth-order valence-corrected chi connectivity index (χ4v) is 6.81. The molecule has 8 heteroatoms. The van der Waals surface area contributed by atoms with Crippen LogP contribution >= 0.6 is 0 Å². The molecule has 0 radical (unpaired) electrons. The molecular weight excluding hydrogens is 408 g/mol. The number of sulfonamides is 2. The molecule has 0 spiro atoms. The van der Waals surface area contributed by atoms with Gasteiger partial charge in [0.1, 0.15) is 0 Å². The molecule has 1 aliphatic rings. The van der Waals surface area contributed by atoms with Gasteiger partial charge in [0, 0.05) is 25.7 Å². The molecule has 2 aromatic carbocycles. The molecule has 6 nitrogen and oxygen atoms in total. The lowest BCUT2D eigenvalue weighted by Gasteiger charge is -2.38. The van der Waals surface area contributed by atoms with Gasteiger partial charge >= 0.3 is 0 Å². The van der Waals surface area contributed by atoms with Crippen molar-refractivity contribution in [2.75, 3.05) is 19.6 Å². The minimum Gasteiger partial charge on any atom is -0.207 e. The second kappa shape index (κ2) is 7.83. The molecule has 3 rings (SSSR count). The van der Waals surface area contributed by atoms with Crippen LogP contribution in [0.2, 0.25) is 0 Å². The first kappa shape index (κ1) is 22.0. The van der Waals surface area contributed by atoms with Crippen LogP contribution in [0.15, 0.2) is 46.2 Å². The molecule has 29 heavy (non-hydrogen) atoms. The highest BCUT2D eigenvalue weighted by Gasteiger charge is 2.38. The lowest BCUT2D eigenvalue weighted by molar-refractivity contribution is 0.212. The van der Waals surface area contributed by atoms with E-state index in [1.165, 1.54) is 8.61 Å². The lowest BCUT2D eigenvalue weighted by atomic mass is 10.1. The Hall–Kier alpha value is -1.74. The number of nitrogens with zero attached hydrogens (tertiary/aromatic N) is 2. The Morgan fingerprint density at radius 3 is 1.66 bits per heavy atom. The van der Waals surface area contributed by atoms with Crippen LogP contribution in [0.1, 0.15) is 29.2 Å². The Morgan fingerprint density at radius 1 is 0.724 bits per heavy atom. The molecule has 1 fully saturated rings. The van der Waals surface area contributed by atoms with Gasteiger partial charge in [0.25, 0.3) is 0 Å². The molecule has 158 valence electrons. The summed E-state index contributed by atoms with van der Waals surface area (Å²) in [6.07, 6.45) is 0. The van der Waals surface area contributed by atoms with Crippen molar-refractivity contribution in [2.24, 2.45) is 0 Å². The van der Waals surface area contributed by atoms with E-state index >= 15 is 0 Å². The number of rotatable bonds is 4. The maximum Gasteiger partial charge on any atom is 0.243 e. The predicted molar refractivity (Wildman–Crippen MR) is 114 cm³/mol. The first-order chi connectivity index (χ1) is 13.4. The topological polar surface area (TPSA) is 74.8 Å². The first-order valence-electron chi connectivity index (χ1n) is 9.61. The van der Waals surface area contributed by atoms with E-state index in [9.17, 15) is 16.8 Å². The van der Waals surface area contributed by atoms with Crippen molar-refractivity contribution in [3.8, 4) is 0 Å². The van der Waals surface area contributed by atoms with Crippen molar-refractivity contribution in [1.82, 2.24) is 8.61 Å². The number of aryl methyl sites for hydroxylation is 4. The van der Waals surface area contributed by atoms with Crippen molar-refractivity contribution in [1.29, 1.82) is 0 Å². The van der Waals surface area contributed by atoms with E-state index < -0.39 is 26.1 Å². The molecule has 0 aliphatic carbocycles. The fourth-order valence-electron chi connectivity index (χ4n) is 3.52. The monoisotopic (exact) mass is 436 g/mol. The lowest BCUT2D eigenvalue weighted by Crippen LogP contribution is -2.55. The molecule has 0 aromatic heterocycles. The van der Waals surface area contributed by atoms with Crippen molar-refractivity contribution < 1.29 is 16.8 Å². The minimum atomic E-state index is -3.68. The molecular formula is C21H28N2O4S2. The van der Waals surface area contributed by atoms with Gasteiger partial charge in [0.15, 0.2) is 0 Å². The van der Waals surface area contributed by atoms with Gasteiger partial charge in [-0.1, -0.05) is 12.1 Å². The second-order valence-electron chi connectivity index (χ2n) is 7.82. The van der Waals surface area contributed by atoms with E-state index in [-0.39, 0.29) is 29.4 Å². The minimum absolute atomic E-state index is 0.124. The van der Waals surface area contributed by atoms with Crippen LogP contribution in [-0.4, -0.2) is 51.1 Å². The van der Waals surface area contributed by atoms with E-state index in [1.807, 2.05) is 27.7 Å². The molecule has 2 aromatic rings. The van der Waals surface area contributed by atoms with Crippen molar-refractivity contribution in [2.45, 2.75) is 50.5 Å². The van der Waals surface area contributed by atoms with Crippen LogP contribution in [0.25, 0.3) is 0 Å². The van der Waals surface area contributed by atoms with Gasteiger partial charge in [-0.05, 0) is 81.1 Å². The molecule has 1 saturated heterocycles. The van der Waals surface area contributed by atoms with Crippen LogP contribution in [0.4, 0.5) is 0 Å². The smallest absolute Gasteiger partial charge is 0.207 e.